The van der Waals surface area contributed by atoms with Crippen molar-refractivity contribution in [3.8, 4) is 0 Å². The molecule has 0 saturated heterocycles. The van der Waals surface area contributed by atoms with Gasteiger partial charge >= 0.3 is 5.97 Å². The van der Waals surface area contributed by atoms with Gasteiger partial charge in [0.05, 0.1) is 13.0 Å². The van der Waals surface area contributed by atoms with Gasteiger partial charge in [-0.25, -0.2) is 0 Å². The Hall–Kier alpha value is -0.510. The molecule has 0 fully saturated rings. The average molecular weight is 306 g/mol. The highest BCUT2D eigenvalue weighted by molar-refractivity contribution is 7.25. The van der Waals surface area contributed by atoms with Crippen molar-refractivity contribution in [2.45, 2.75) is 53.0 Å². The van der Waals surface area contributed by atoms with Crippen LogP contribution >= 0.6 is 8.46 Å². The van der Waals surface area contributed by atoms with Crippen LogP contribution in [0.1, 0.15) is 47.5 Å². The molecule has 0 N–H and O–H groups in total. The SMILES string of the molecule is CCOC(=O)CC(CC(C)C)C(OCC)(OCC)P=O. The van der Waals surface area contributed by atoms with Crippen LogP contribution in [0.25, 0.3) is 0 Å². The molecular formula is C14H27O5P. The lowest BCUT2D eigenvalue weighted by molar-refractivity contribution is -0.207. The van der Waals surface area contributed by atoms with E-state index >= 15 is 0 Å². The van der Waals surface area contributed by atoms with Crippen molar-refractivity contribution in [3.05, 3.63) is 0 Å². The van der Waals surface area contributed by atoms with Crippen LogP contribution in [-0.2, 0) is 23.6 Å². The van der Waals surface area contributed by atoms with Gasteiger partial charge in [0.25, 0.3) is 5.53 Å². The summed E-state index contributed by atoms with van der Waals surface area (Å²) in [5.74, 6) is -0.289. The Kier molecular flexibility index (Phi) is 9.99. The number of ether oxygens (including phenoxy) is 3. The Labute approximate surface area is 123 Å². The van der Waals surface area contributed by atoms with E-state index in [4.69, 9.17) is 14.2 Å². The van der Waals surface area contributed by atoms with Crippen molar-refractivity contribution < 1.29 is 23.6 Å². The molecule has 0 spiro atoms. The van der Waals surface area contributed by atoms with E-state index in [1.165, 1.54) is 0 Å². The molecule has 0 aromatic heterocycles. The summed E-state index contributed by atoms with van der Waals surface area (Å²) in [7, 11) is -0.257. The lowest BCUT2D eigenvalue weighted by atomic mass is 9.93. The van der Waals surface area contributed by atoms with Gasteiger partial charge in [0.2, 0.25) is 8.46 Å². The van der Waals surface area contributed by atoms with E-state index in [1.807, 2.05) is 27.7 Å². The highest BCUT2D eigenvalue weighted by atomic mass is 31.1. The first-order valence-corrected chi connectivity index (χ1v) is 8.04. The molecule has 0 aliphatic carbocycles. The Morgan fingerprint density at radius 2 is 1.65 bits per heavy atom. The maximum atomic E-state index is 11.8. The molecule has 0 saturated carbocycles. The van der Waals surface area contributed by atoms with Crippen LogP contribution in [0.2, 0.25) is 0 Å². The number of hydrogen-bond donors (Lipinski definition) is 0. The lowest BCUT2D eigenvalue weighted by Crippen LogP contribution is -2.40. The number of carbonyl (C=O) groups is 1. The molecule has 0 bridgehead atoms. The minimum atomic E-state index is -1.26. The summed E-state index contributed by atoms with van der Waals surface area (Å²) in [6.45, 7) is 10.5. The van der Waals surface area contributed by atoms with E-state index in [2.05, 4.69) is 0 Å². The first-order valence-electron chi connectivity index (χ1n) is 7.23. The Morgan fingerprint density at radius 1 is 1.10 bits per heavy atom. The molecule has 0 aliphatic heterocycles. The van der Waals surface area contributed by atoms with Crippen LogP contribution in [0.5, 0.6) is 0 Å². The molecule has 0 amide bonds. The standard InChI is InChI=1S/C14H27O5P/c1-6-17-13(15)10-12(9-11(4)5)14(20-16,18-7-2)19-8-3/h11-12H,6-10H2,1-5H3. The topological polar surface area (TPSA) is 61.8 Å². The second-order valence-electron chi connectivity index (χ2n) is 4.92. The van der Waals surface area contributed by atoms with Gasteiger partial charge < -0.3 is 14.2 Å². The first kappa shape index (κ1) is 19.5. The second-order valence-corrected chi connectivity index (χ2v) is 5.73. The van der Waals surface area contributed by atoms with Gasteiger partial charge in [0.1, 0.15) is 0 Å². The Bertz CT molecular complexity index is 287. The van der Waals surface area contributed by atoms with Crippen LogP contribution in [0.15, 0.2) is 0 Å². The summed E-state index contributed by atoms with van der Waals surface area (Å²) < 4.78 is 27.9. The molecule has 0 radical (unpaired) electrons. The Balaban J connectivity index is 5.17. The molecule has 0 aromatic rings. The minimum Gasteiger partial charge on any atom is -0.466 e. The smallest absolute Gasteiger partial charge is 0.306 e. The molecule has 0 aromatic carbocycles. The fraction of sp³-hybridized carbons (Fsp3) is 0.929. The van der Waals surface area contributed by atoms with E-state index in [1.54, 1.807) is 6.92 Å². The van der Waals surface area contributed by atoms with Crippen molar-refractivity contribution in [1.82, 2.24) is 0 Å². The quantitative estimate of drug-likeness (QED) is 0.331. The minimum absolute atomic E-state index is 0.140. The third-order valence-electron chi connectivity index (χ3n) is 2.82. The summed E-state index contributed by atoms with van der Waals surface area (Å²) in [4.78, 5) is 11.8. The molecular weight excluding hydrogens is 279 g/mol. The molecule has 1 unspecified atom stereocenters. The highest BCUT2D eigenvalue weighted by Crippen LogP contribution is 2.40. The van der Waals surface area contributed by atoms with Crippen LogP contribution in [0.4, 0.5) is 0 Å². The van der Waals surface area contributed by atoms with Gasteiger partial charge in [-0.15, -0.1) is 0 Å². The van der Waals surface area contributed by atoms with E-state index in [0.29, 0.717) is 32.2 Å². The largest absolute Gasteiger partial charge is 0.466 e. The third kappa shape index (κ3) is 6.29. The van der Waals surface area contributed by atoms with Crippen LogP contribution in [0, 0.1) is 11.8 Å². The predicted octanol–water partition coefficient (Wildman–Crippen LogP) is 3.62. The Morgan fingerprint density at radius 3 is 2.00 bits per heavy atom. The summed E-state index contributed by atoms with van der Waals surface area (Å²) in [5.41, 5.74) is -1.26. The van der Waals surface area contributed by atoms with Crippen molar-refractivity contribution in [2.75, 3.05) is 19.8 Å². The number of rotatable bonds is 11. The van der Waals surface area contributed by atoms with Gasteiger partial charge in [0.15, 0.2) is 0 Å². The van der Waals surface area contributed by atoms with Gasteiger partial charge in [-0.1, -0.05) is 13.8 Å². The highest BCUT2D eigenvalue weighted by Gasteiger charge is 2.43. The van der Waals surface area contributed by atoms with Crippen LogP contribution in [0.3, 0.4) is 0 Å². The van der Waals surface area contributed by atoms with Gasteiger partial charge in [0, 0.05) is 19.1 Å². The van der Waals surface area contributed by atoms with Gasteiger partial charge in [-0.05, 0) is 33.1 Å². The zero-order valence-electron chi connectivity index (χ0n) is 13.2. The van der Waals surface area contributed by atoms with Crippen LogP contribution in [-0.4, -0.2) is 31.3 Å². The normalized spacial score (nSPS) is 13.7. The van der Waals surface area contributed by atoms with Gasteiger partial charge in [-0.2, -0.15) is 0 Å². The maximum absolute atomic E-state index is 11.8. The summed E-state index contributed by atoms with van der Waals surface area (Å²) in [6, 6.07) is 0. The molecule has 20 heavy (non-hydrogen) atoms. The summed E-state index contributed by atoms with van der Waals surface area (Å²) >= 11 is 0. The molecule has 0 heterocycles. The molecule has 6 heteroatoms. The predicted molar refractivity (Wildman–Crippen MR) is 77.8 cm³/mol. The maximum Gasteiger partial charge on any atom is 0.306 e. The van der Waals surface area contributed by atoms with E-state index in [-0.39, 0.29) is 26.8 Å². The van der Waals surface area contributed by atoms with E-state index in [0.717, 1.165) is 0 Å². The zero-order valence-corrected chi connectivity index (χ0v) is 14.1. The monoisotopic (exact) mass is 306 g/mol. The van der Waals surface area contributed by atoms with Crippen molar-refractivity contribution in [3.63, 3.8) is 0 Å². The lowest BCUT2D eigenvalue weighted by Gasteiger charge is -2.34. The third-order valence-corrected chi connectivity index (χ3v) is 3.70. The summed E-state index contributed by atoms with van der Waals surface area (Å²) in [5, 5.41) is 0. The van der Waals surface area contributed by atoms with E-state index < -0.39 is 5.53 Å². The molecule has 118 valence electrons. The zero-order chi connectivity index (χ0) is 15.6. The van der Waals surface area contributed by atoms with Crippen molar-refractivity contribution in [2.24, 2.45) is 11.8 Å². The van der Waals surface area contributed by atoms with Gasteiger partial charge in [-0.3, -0.25) is 9.36 Å². The van der Waals surface area contributed by atoms with Crippen molar-refractivity contribution >= 4 is 14.4 Å². The molecule has 0 aliphatic rings. The molecule has 1 atom stereocenters. The average Bonchev–Trinajstić information content (AvgIpc) is 2.37. The van der Waals surface area contributed by atoms with E-state index in [9.17, 15) is 9.36 Å². The van der Waals surface area contributed by atoms with Crippen molar-refractivity contribution in [1.29, 1.82) is 0 Å². The van der Waals surface area contributed by atoms with Crippen LogP contribution < -0.4 is 0 Å². The first-order chi connectivity index (χ1) is 9.45. The number of esters is 1. The molecule has 0 rings (SSSR count). The second kappa shape index (κ2) is 10.3. The fourth-order valence-corrected chi connectivity index (χ4v) is 2.88. The summed E-state index contributed by atoms with van der Waals surface area (Å²) in [6.07, 6.45) is 0.815. The number of hydrogen-bond acceptors (Lipinski definition) is 5. The number of carbonyl (C=O) groups excluding carboxylic acids is 1. The molecule has 5 nitrogen and oxygen atoms in total. The fourth-order valence-electron chi connectivity index (χ4n) is 2.17.